The van der Waals surface area contributed by atoms with Crippen LogP contribution < -0.4 is 24.5 Å². The van der Waals surface area contributed by atoms with Crippen molar-refractivity contribution in [2.24, 2.45) is 0 Å². The van der Waals surface area contributed by atoms with Gasteiger partial charge < -0.3 is 18.6 Å². The van der Waals surface area contributed by atoms with Crippen LogP contribution in [0.15, 0.2) is 94.1 Å². The van der Waals surface area contributed by atoms with Gasteiger partial charge in [-0.3, -0.25) is 14.5 Å². The van der Waals surface area contributed by atoms with Crippen molar-refractivity contribution in [2.75, 3.05) is 19.1 Å². The van der Waals surface area contributed by atoms with Crippen LogP contribution in [0.2, 0.25) is 5.02 Å². The van der Waals surface area contributed by atoms with Crippen LogP contribution in [0.3, 0.4) is 0 Å². The number of halogens is 2. The number of hydrogen-bond acceptors (Lipinski definition) is 6. The molecule has 0 radical (unpaired) electrons. The molecule has 1 atom stereocenters. The van der Waals surface area contributed by atoms with Crippen LogP contribution >= 0.6 is 11.6 Å². The Kier molecular flexibility index (Phi) is 6.85. The van der Waals surface area contributed by atoms with Crippen molar-refractivity contribution >= 4 is 34.2 Å². The van der Waals surface area contributed by atoms with Gasteiger partial charge in [0.1, 0.15) is 23.8 Å². The summed E-state index contributed by atoms with van der Waals surface area (Å²) in [5.41, 5.74) is 1.63. The maximum Gasteiger partial charge on any atom is 0.295 e. The zero-order valence-electron chi connectivity index (χ0n) is 22.0. The van der Waals surface area contributed by atoms with Crippen molar-refractivity contribution in [1.82, 2.24) is 0 Å². The molecule has 1 unspecified atom stereocenters. The summed E-state index contributed by atoms with van der Waals surface area (Å²) in [6.07, 6.45) is 0. The number of rotatable bonds is 7. The van der Waals surface area contributed by atoms with Gasteiger partial charge in [0.2, 0.25) is 5.76 Å². The Balaban J connectivity index is 1.50. The third-order valence-corrected chi connectivity index (χ3v) is 7.28. The van der Waals surface area contributed by atoms with Crippen molar-refractivity contribution < 1.29 is 27.8 Å². The summed E-state index contributed by atoms with van der Waals surface area (Å²) >= 11 is 6.42. The van der Waals surface area contributed by atoms with E-state index in [1.54, 1.807) is 36.4 Å². The normalized spacial score (nSPS) is 14.3. The summed E-state index contributed by atoms with van der Waals surface area (Å²) in [4.78, 5) is 29.1. The molecule has 0 aliphatic carbocycles. The Morgan fingerprint density at radius 3 is 2.37 bits per heavy atom. The Bertz CT molecular complexity index is 1860. The number of nitrogens with zero attached hydrogens (tertiary/aromatic N) is 1. The zero-order chi connectivity index (χ0) is 28.7. The van der Waals surface area contributed by atoms with Gasteiger partial charge in [0.15, 0.2) is 16.9 Å². The monoisotopic (exact) mass is 571 g/mol. The lowest BCUT2D eigenvalue weighted by Gasteiger charge is -2.26. The zero-order valence-corrected chi connectivity index (χ0v) is 22.8. The van der Waals surface area contributed by atoms with Gasteiger partial charge in [-0.1, -0.05) is 48.0 Å². The van der Waals surface area contributed by atoms with E-state index >= 15 is 0 Å². The van der Waals surface area contributed by atoms with Gasteiger partial charge in [0, 0.05) is 5.69 Å². The second-order valence-corrected chi connectivity index (χ2v) is 9.80. The molecule has 0 spiro atoms. The minimum atomic E-state index is -0.928. The Hall–Kier alpha value is -4.82. The summed E-state index contributed by atoms with van der Waals surface area (Å²) in [6.45, 7) is 0.318. The number of carbonyl (C=O) groups excluding carboxylic acids is 1. The van der Waals surface area contributed by atoms with E-state index in [2.05, 4.69) is 0 Å². The summed E-state index contributed by atoms with van der Waals surface area (Å²) in [5.74, 6) is 0.0473. The standard InChI is InChI=1S/C32H23ClFNO6/c1-38-25-13-10-21(16-23(25)33)35-29(28-30(36)22-15-20(34)9-12-24(22)41-31(28)32(35)37)19-8-11-26(27(14-19)39-2)40-17-18-6-4-3-5-7-18/h3-16,29H,17H2,1-2H3. The highest BCUT2D eigenvalue weighted by Gasteiger charge is 2.44. The molecule has 5 aromatic rings. The van der Waals surface area contributed by atoms with E-state index in [0.29, 0.717) is 35.1 Å². The van der Waals surface area contributed by atoms with Crippen molar-refractivity contribution in [3.63, 3.8) is 0 Å². The van der Waals surface area contributed by atoms with Crippen molar-refractivity contribution in [3.8, 4) is 17.2 Å². The van der Waals surface area contributed by atoms with Crippen LogP contribution in [0, 0.1) is 5.82 Å². The lowest BCUT2D eigenvalue weighted by molar-refractivity contribution is 0.0971. The largest absolute Gasteiger partial charge is 0.495 e. The molecule has 0 N–H and O–H groups in total. The molecule has 6 rings (SSSR count). The molecule has 41 heavy (non-hydrogen) atoms. The molecule has 0 fully saturated rings. The lowest BCUT2D eigenvalue weighted by Crippen LogP contribution is -2.29. The van der Waals surface area contributed by atoms with Crippen LogP contribution in [0.1, 0.15) is 33.3 Å². The molecule has 0 saturated carbocycles. The van der Waals surface area contributed by atoms with E-state index in [9.17, 15) is 14.0 Å². The highest BCUT2D eigenvalue weighted by molar-refractivity contribution is 6.32. The van der Waals surface area contributed by atoms with E-state index < -0.39 is 23.2 Å². The highest BCUT2D eigenvalue weighted by Crippen LogP contribution is 2.44. The summed E-state index contributed by atoms with van der Waals surface area (Å²) in [6, 6.07) is 22.4. The first-order valence-corrected chi connectivity index (χ1v) is 13.1. The summed E-state index contributed by atoms with van der Waals surface area (Å²) in [7, 11) is 3.00. The van der Waals surface area contributed by atoms with Crippen LogP contribution in [0.4, 0.5) is 10.1 Å². The maximum atomic E-state index is 14.1. The second-order valence-electron chi connectivity index (χ2n) is 9.40. The topological polar surface area (TPSA) is 78.2 Å². The number of hydrogen-bond donors (Lipinski definition) is 0. The van der Waals surface area contributed by atoms with Gasteiger partial charge in [0.05, 0.1) is 36.2 Å². The second kappa shape index (κ2) is 10.6. The van der Waals surface area contributed by atoms with Crippen LogP contribution in [-0.2, 0) is 6.61 Å². The van der Waals surface area contributed by atoms with Gasteiger partial charge in [0.25, 0.3) is 5.91 Å². The third-order valence-electron chi connectivity index (χ3n) is 6.99. The van der Waals surface area contributed by atoms with E-state index in [1.807, 2.05) is 30.3 Å². The maximum absolute atomic E-state index is 14.1. The van der Waals surface area contributed by atoms with Crippen molar-refractivity contribution in [3.05, 3.63) is 128 Å². The molecule has 1 aliphatic heterocycles. The molecular weight excluding hydrogens is 549 g/mol. The fraction of sp³-hybridized carbons (Fsp3) is 0.125. The number of anilines is 1. The SMILES string of the molecule is COc1ccc(N2C(=O)c3oc4ccc(F)cc4c(=O)c3C2c2ccc(OCc3ccccc3)c(OC)c2)cc1Cl. The molecule has 2 heterocycles. The molecule has 1 aliphatic rings. The van der Waals surface area contributed by atoms with E-state index in [0.717, 1.165) is 11.6 Å². The van der Waals surface area contributed by atoms with E-state index in [4.69, 9.17) is 30.2 Å². The van der Waals surface area contributed by atoms with Gasteiger partial charge in [-0.05, 0) is 59.7 Å². The average Bonchev–Trinajstić information content (AvgIpc) is 3.29. The van der Waals surface area contributed by atoms with Crippen LogP contribution in [0.5, 0.6) is 17.2 Å². The number of carbonyl (C=O) groups is 1. The van der Waals surface area contributed by atoms with Crippen molar-refractivity contribution in [2.45, 2.75) is 12.6 Å². The Morgan fingerprint density at radius 2 is 1.63 bits per heavy atom. The fourth-order valence-corrected chi connectivity index (χ4v) is 5.29. The predicted molar refractivity (Wildman–Crippen MR) is 153 cm³/mol. The van der Waals surface area contributed by atoms with Gasteiger partial charge >= 0.3 is 0 Å². The smallest absolute Gasteiger partial charge is 0.295 e. The highest BCUT2D eigenvalue weighted by atomic mass is 35.5. The number of ether oxygens (including phenoxy) is 3. The van der Waals surface area contributed by atoms with E-state index in [1.165, 1.54) is 31.3 Å². The third kappa shape index (κ3) is 4.66. The predicted octanol–water partition coefficient (Wildman–Crippen LogP) is 6.93. The molecule has 4 aromatic carbocycles. The van der Waals surface area contributed by atoms with Crippen LogP contribution in [-0.4, -0.2) is 20.1 Å². The number of amides is 1. The van der Waals surface area contributed by atoms with Crippen molar-refractivity contribution in [1.29, 1.82) is 0 Å². The molecule has 0 bridgehead atoms. The first-order chi connectivity index (χ1) is 19.9. The molecule has 0 saturated heterocycles. The molecule has 206 valence electrons. The minimum Gasteiger partial charge on any atom is -0.495 e. The first kappa shape index (κ1) is 26.4. The minimum absolute atomic E-state index is 0.0333. The fourth-order valence-electron chi connectivity index (χ4n) is 5.04. The molecule has 7 nitrogen and oxygen atoms in total. The van der Waals surface area contributed by atoms with Gasteiger partial charge in [-0.2, -0.15) is 0 Å². The Labute approximate surface area is 239 Å². The summed E-state index contributed by atoms with van der Waals surface area (Å²) < 4.78 is 37.0. The Morgan fingerprint density at radius 1 is 0.878 bits per heavy atom. The van der Waals surface area contributed by atoms with Crippen LogP contribution in [0.25, 0.3) is 11.0 Å². The molecular formula is C32H23ClFNO6. The molecule has 1 aromatic heterocycles. The van der Waals surface area contributed by atoms with Gasteiger partial charge in [-0.25, -0.2) is 4.39 Å². The van der Waals surface area contributed by atoms with Gasteiger partial charge in [-0.15, -0.1) is 0 Å². The number of benzene rings is 4. The first-order valence-electron chi connectivity index (χ1n) is 12.7. The number of fused-ring (bicyclic) bond motifs is 2. The average molecular weight is 572 g/mol. The molecule has 1 amide bonds. The quantitative estimate of drug-likeness (QED) is 0.211. The van der Waals surface area contributed by atoms with E-state index in [-0.39, 0.29) is 27.3 Å². The number of methoxy groups -OCH3 is 2. The lowest BCUT2D eigenvalue weighted by atomic mass is 9.97. The molecule has 9 heteroatoms. The summed E-state index contributed by atoms with van der Waals surface area (Å²) in [5, 5.41) is 0.312.